The molecule has 34 heavy (non-hydrogen) atoms. The van der Waals surface area contributed by atoms with Crippen molar-refractivity contribution in [1.29, 1.82) is 0 Å². The van der Waals surface area contributed by atoms with Crippen molar-refractivity contribution >= 4 is 11.6 Å². The Hall–Kier alpha value is -4.10. The molecule has 0 aliphatic rings. The monoisotopic (exact) mass is 456 g/mol. The molecule has 3 aromatic carbocycles. The molecule has 0 atom stereocenters. The molecule has 0 aliphatic carbocycles. The Bertz CT molecular complexity index is 1360. The van der Waals surface area contributed by atoms with Crippen molar-refractivity contribution in [3.8, 4) is 28.0 Å². The zero-order valence-electron chi connectivity index (χ0n) is 19.2. The normalized spacial score (nSPS) is 10.7. The van der Waals surface area contributed by atoms with Crippen LogP contribution in [-0.4, -0.2) is 23.0 Å². The van der Waals surface area contributed by atoms with Gasteiger partial charge in [-0.2, -0.15) is 0 Å². The van der Waals surface area contributed by atoms with E-state index >= 15 is 0 Å². The largest absolute Gasteiger partial charge is 0.496 e. The highest BCUT2D eigenvalue weighted by atomic mass is 19.1. The Labute approximate surface area is 197 Å². The minimum absolute atomic E-state index is 0.0566. The van der Waals surface area contributed by atoms with Gasteiger partial charge in [0.15, 0.2) is 0 Å². The van der Waals surface area contributed by atoms with E-state index in [-0.39, 0.29) is 18.1 Å². The van der Waals surface area contributed by atoms with Crippen LogP contribution in [0.4, 0.5) is 10.1 Å². The molecule has 1 amide bonds. The molecule has 0 saturated carbocycles. The zero-order valence-corrected chi connectivity index (χ0v) is 19.2. The Kier molecular flexibility index (Phi) is 6.65. The second kappa shape index (κ2) is 9.80. The number of rotatable bonds is 6. The number of carbonyl (C=O) groups excluding carboxylic acids is 1. The number of nitrogens with one attached hydrogen (secondary N) is 1. The van der Waals surface area contributed by atoms with E-state index in [4.69, 9.17) is 10.5 Å². The fraction of sp³-hybridized carbons (Fsp3) is 0.148. The lowest BCUT2D eigenvalue weighted by molar-refractivity contribution is 0.102. The van der Waals surface area contributed by atoms with Gasteiger partial charge in [-0.3, -0.25) is 4.79 Å². The maximum absolute atomic E-state index is 14.7. The summed E-state index contributed by atoms with van der Waals surface area (Å²) in [7, 11) is 1.51. The second-order valence-corrected chi connectivity index (χ2v) is 7.85. The van der Waals surface area contributed by atoms with Gasteiger partial charge in [-0.05, 0) is 71.5 Å². The van der Waals surface area contributed by atoms with E-state index < -0.39 is 5.82 Å². The van der Waals surface area contributed by atoms with Gasteiger partial charge in [0.25, 0.3) is 5.91 Å². The number of methoxy groups -OCH3 is 1. The molecule has 7 heteroatoms. The molecular formula is C27H25FN4O2. The maximum Gasteiger partial charge on any atom is 0.274 e. The SMILES string of the molecule is COc1cc(-c2cccc(-c3cccc(NC(=O)c4ccncn4)c3C)c2C)cc(F)c1CN. The highest BCUT2D eigenvalue weighted by Gasteiger charge is 2.16. The molecule has 3 N–H and O–H groups in total. The number of amides is 1. The summed E-state index contributed by atoms with van der Waals surface area (Å²) in [5.41, 5.74) is 12.4. The number of hydrogen-bond acceptors (Lipinski definition) is 5. The summed E-state index contributed by atoms with van der Waals surface area (Å²) in [6, 6.07) is 16.5. The molecule has 0 saturated heterocycles. The smallest absolute Gasteiger partial charge is 0.274 e. The van der Waals surface area contributed by atoms with Gasteiger partial charge in [0.2, 0.25) is 0 Å². The van der Waals surface area contributed by atoms with Crippen LogP contribution in [0.1, 0.15) is 27.2 Å². The molecule has 6 nitrogen and oxygen atoms in total. The van der Waals surface area contributed by atoms with Crippen LogP contribution < -0.4 is 15.8 Å². The number of aromatic nitrogens is 2. The van der Waals surface area contributed by atoms with Gasteiger partial charge >= 0.3 is 0 Å². The van der Waals surface area contributed by atoms with Crippen LogP contribution in [0.15, 0.2) is 67.1 Å². The number of nitrogens with zero attached hydrogens (tertiary/aromatic N) is 2. The fourth-order valence-electron chi connectivity index (χ4n) is 4.06. The third-order valence-corrected chi connectivity index (χ3v) is 5.91. The summed E-state index contributed by atoms with van der Waals surface area (Å²) in [4.78, 5) is 20.5. The Morgan fingerprint density at radius 2 is 1.74 bits per heavy atom. The predicted octanol–water partition coefficient (Wildman–Crippen LogP) is 5.29. The number of anilines is 1. The van der Waals surface area contributed by atoms with Crippen molar-refractivity contribution in [2.24, 2.45) is 5.73 Å². The Morgan fingerprint density at radius 1 is 1.03 bits per heavy atom. The van der Waals surface area contributed by atoms with Crippen LogP contribution in [-0.2, 0) is 6.54 Å². The van der Waals surface area contributed by atoms with E-state index in [1.807, 2.05) is 56.3 Å². The first kappa shape index (κ1) is 23.1. The topological polar surface area (TPSA) is 90.1 Å². The van der Waals surface area contributed by atoms with Crippen LogP contribution in [0.2, 0.25) is 0 Å². The van der Waals surface area contributed by atoms with E-state index in [0.717, 1.165) is 27.8 Å². The summed E-state index contributed by atoms with van der Waals surface area (Å²) >= 11 is 0. The van der Waals surface area contributed by atoms with Crippen LogP contribution in [0.5, 0.6) is 5.75 Å². The maximum atomic E-state index is 14.7. The first-order chi connectivity index (χ1) is 16.4. The van der Waals surface area contributed by atoms with Crippen molar-refractivity contribution in [3.05, 3.63) is 95.3 Å². The number of benzene rings is 3. The number of hydrogen-bond donors (Lipinski definition) is 2. The van der Waals surface area contributed by atoms with E-state index in [0.29, 0.717) is 22.6 Å². The minimum Gasteiger partial charge on any atom is -0.496 e. The highest BCUT2D eigenvalue weighted by Crippen LogP contribution is 2.37. The molecule has 4 aromatic rings. The Morgan fingerprint density at radius 3 is 2.41 bits per heavy atom. The lowest BCUT2D eigenvalue weighted by Crippen LogP contribution is -2.14. The second-order valence-electron chi connectivity index (χ2n) is 7.85. The molecule has 0 unspecified atom stereocenters. The number of nitrogens with two attached hydrogens (primary N) is 1. The van der Waals surface area contributed by atoms with Crippen molar-refractivity contribution in [2.45, 2.75) is 20.4 Å². The molecule has 172 valence electrons. The van der Waals surface area contributed by atoms with E-state index in [2.05, 4.69) is 15.3 Å². The van der Waals surface area contributed by atoms with Crippen LogP contribution in [0.3, 0.4) is 0 Å². The van der Waals surface area contributed by atoms with E-state index in [1.165, 1.54) is 25.7 Å². The molecular weight excluding hydrogens is 431 g/mol. The average Bonchev–Trinajstić information content (AvgIpc) is 2.85. The standard InChI is InChI=1S/C27H25FN4O2/c1-16-19(18-12-23(28)22(14-29)26(13-18)34-3)6-4-7-20(16)21-8-5-9-24(17(21)2)32-27(33)25-10-11-30-15-31-25/h4-13,15H,14,29H2,1-3H3,(H,32,33). The lowest BCUT2D eigenvalue weighted by atomic mass is 9.90. The van der Waals surface area contributed by atoms with Crippen molar-refractivity contribution in [2.75, 3.05) is 12.4 Å². The zero-order chi connectivity index (χ0) is 24.2. The third-order valence-electron chi connectivity index (χ3n) is 5.91. The van der Waals surface area contributed by atoms with Gasteiger partial charge in [-0.25, -0.2) is 14.4 Å². The summed E-state index contributed by atoms with van der Waals surface area (Å²) in [6.07, 6.45) is 2.86. The van der Waals surface area contributed by atoms with Crippen molar-refractivity contribution in [3.63, 3.8) is 0 Å². The fourth-order valence-corrected chi connectivity index (χ4v) is 4.06. The molecule has 0 aliphatic heterocycles. The lowest BCUT2D eigenvalue weighted by Gasteiger charge is -2.17. The van der Waals surface area contributed by atoms with E-state index in [9.17, 15) is 9.18 Å². The van der Waals surface area contributed by atoms with Crippen LogP contribution in [0, 0.1) is 19.7 Å². The summed E-state index contributed by atoms with van der Waals surface area (Å²) in [5.74, 6) is -0.282. The van der Waals surface area contributed by atoms with Gasteiger partial charge in [-0.1, -0.05) is 30.3 Å². The van der Waals surface area contributed by atoms with Gasteiger partial charge in [0.05, 0.1) is 7.11 Å². The number of ether oxygens (including phenoxy) is 1. The Balaban J connectivity index is 1.75. The van der Waals surface area contributed by atoms with Crippen molar-refractivity contribution < 1.29 is 13.9 Å². The molecule has 0 radical (unpaired) electrons. The van der Waals surface area contributed by atoms with E-state index in [1.54, 1.807) is 6.07 Å². The third kappa shape index (κ3) is 4.38. The van der Waals surface area contributed by atoms with Crippen LogP contribution in [0.25, 0.3) is 22.3 Å². The minimum atomic E-state index is -0.396. The summed E-state index contributed by atoms with van der Waals surface area (Å²) in [6.45, 7) is 4.01. The highest BCUT2D eigenvalue weighted by molar-refractivity contribution is 6.03. The molecule has 1 aromatic heterocycles. The number of carbonyl (C=O) groups is 1. The molecule has 0 fully saturated rings. The van der Waals surface area contributed by atoms with Gasteiger partial charge in [-0.15, -0.1) is 0 Å². The first-order valence-electron chi connectivity index (χ1n) is 10.8. The van der Waals surface area contributed by atoms with Gasteiger partial charge in [0.1, 0.15) is 23.6 Å². The average molecular weight is 457 g/mol. The molecule has 4 rings (SSSR count). The predicted molar refractivity (Wildman–Crippen MR) is 131 cm³/mol. The van der Waals surface area contributed by atoms with Crippen molar-refractivity contribution in [1.82, 2.24) is 9.97 Å². The first-order valence-corrected chi connectivity index (χ1v) is 10.8. The summed E-state index contributed by atoms with van der Waals surface area (Å²) in [5, 5.41) is 2.93. The van der Waals surface area contributed by atoms with Gasteiger partial charge < -0.3 is 15.8 Å². The quantitative estimate of drug-likeness (QED) is 0.412. The number of halogens is 1. The summed E-state index contributed by atoms with van der Waals surface area (Å²) < 4.78 is 20.1. The molecule has 0 bridgehead atoms. The molecule has 0 spiro atoms. The molecule has 1 heterocycles. The van der Waals surface area contributed by atoms with Gasteiger partial charge in [0, 0.05) is 24.0 Å². The van der Waals surface area contributed by atoms with Crippen LogP contribution >= 0.6 is 0 Å².